The van der Waals surface area contributed by atoms with E-state index in [-0.39, 0.29) is 5.41 Å². The van der Waals surface area contributed by atoms with Gasteiger partial charge in [-0.25, -0.2) is 0 Å². The van der Waals surface area contributed by atoms with Crippen molar-refractivity contribution >= 4 is 5.78 Å². The average Bonchev–Trinajstić information content (AvgIpc) is 2.91. The van der Waals surface area contributed by atoms with E-state index in [1.165, 1.54) is 63.4 Å². The topological polar surface area (TPSA) is 17.1 Å². The Bertz CT molecular complexity index is 628. The molecule has 0 heterocycles. The van der Waals surface area contributed by atoms with Gasteiger partial charge in [-0.1, -0.05) is 45.3 Å². The van der Waals surface area contributed by atoms with Gasteiger partial charge in [0.05, 0.1) is 0 Å². The van der Waals surface area contributed by atoms with Crippen LogP contribution in [-0.4, -0.2) is 5.78 Å². The van der Waals surface area contributed by atoms with Crippen LogP contribution in [0.25, 0.3) is 0 Å². The minimum atomic E-state index is 0.278. The van der Waals surface area contributed by atoms with Crippen molar-refractivity contribution in [3.63, 3.8) is 0 Å². The first kappa shape index (κ1) is 20.7. The largest absolute Gasteiger partial charge is 0.299 e. The van der Waals surface area contributed by atoms with Crippen LogP contribution in [0.4, 0.5) is 0 Å². The summed E-state index contributed by atoms with van der Waals surface area (Å²) in [6, 6.07) is 0. The van der Waals surface area contributed by atoms with E-state index in [0.29, 0.717) is 29.0 Å². The van der Waals surface area contributed by atoms with E-state index in [9.17, 15) is 4.79 Å². The third kappa shape index (κ3) is 3.24. The molecule has 4 aliphatic rings. The van der Waals surface area contributed by atoms with Crippen molar-refractivity contribution in [2.75, 3.05) is 0 Å². The molecule has 28 heavy (non-hydrogen) atoms. The van der Waals surface area contributed by atoms with Crippen molar-refractivity contribution in [3.8, 4) is 0 Å². The quantitative estimate of drug-likeness (QED) is 0.456. The van der Waals surface area contributed by atoms with E-state index in [1.54, 1.807) is 0 Å². The highest BCUT2D eigenvalue weighted by Crippen LogP contribution is 2.67. The molecule has 4 fully saturated rings. The Morgan fingerprint density at radius 2 is 1.82 bits per heavy atom. The molecule has 0 spiro atoms. The van der Waals surface area contributed by atoms with Gasteiger partial charge < -0.3 is 0 Å². The van der Waals surface area contributed by atoms with Crippen LogP contribution in [0.1, 0.15) is 105 Å². The van der Waals surface area contributed by atoms with Crippen LogP contribution in [0.5, 0.6) is 0 Å². The lowest BCUT2D eigenvalue weighted by atomic mass is 9.44. The molecule has 8 atom stereocenters. The van der Waals surface area contributed by atoms with Gasteiger partial charge in [0, 0.05) is 12.3 Å². The maximum absolute atomic E-state index is 13.3. The first-order valence-electron chi connectivity index (χ1n) is 12.4. The number of hydrogen-bond acceptors (Lipinski definition) is 1. The van der Waals surface area contributed by atoms with E-state index < -0.39 is 0 Å². The third-order valence-corrected chi connectivity index (χ3v) is 10.2. The van der Waals surface area contributed by atoms with Crippen LogP contribution in [0.2, 0.25) is 0 Å². The number of allylic oxidation sites excluding steroid dienone is 2. The summed E-state index contributed by atoms with van der Waals surface area (Å²) in [5, 5.41) is 0. The molecule has 1 unspecified atom stereocenters. The monoisotopic (exact) mass is 384 g/mol. The zero-order valence-electron chi connectivity index (χ0n) is 19.2. The lowest BCUT2D eigenvalue weighted by Gasteiger charge is -2.60. The molecule has 0 saturated heterocycles. The Balaban J connectivity index is 1.54. The van der Waals surface area contributed by atoms with E-state index in [1.807, 2.05) is 0 Å². The van der Waals surface area contributed by atoms with Gasteiger partial charge in [-0.2, -0.15) is 0 Å². The molecule has 1 heteroatoms. The van der Waals surface area contributed by atoms with Crippen LogP contribution in [0.3, 0.4) is 0 Å². The predicted octanol–water partition coefficient (Wildman–Crippen LogP) is 7.60. The summed E-state index contributed by atoms with van der Waals surface area (Å²) in [7, 11) is 0. The molecule has 1 nitrogen and oxygen atoms in total. The van der Waals surface area contributed by atoms with Gasteiger partial charge in [0.25, 0.3) is 0 Å². The second-order valence-corrected chi connectivity index (χ2v) is 11.9. The van der Waals surface area contributed by atoms with Crippen molar-refractivity contribution in [1.29, 1.82) is 0 Å². The molecule has 0 aromatic rings. The Hall–Kier alpha value is -0.590. The van der Waals surface area contributed by atoms with Gasteiger partial charge in [0.1, 0.15) is 5.78 Å². The molecular formula is C27H44O. The molecule has 0 bridgehead atoms. The zero-order chi connectivity index (χ0) is 20.1. The van der Waals surface area contributed by atoms with Crippen molar-refractivity contribution < 1.29 is 4.79 Å². The molecular weight excluding hydrogens is 340 g/mol. The second-order valence-electron chi connectivity index (χ2n) is 11.9. The lowest BCUT2D eigenvalue weighted by molar-refractivity contribution is -0.126. The maximum Gasteiger partial charge on any atom is 0.137 e. The highest BCUT2D eigenvalue weighted by molar-refractivity contribution is 5.85. The molecule has 0 radical (unpaired) electrons. The summed E-state index contributed by atoms with van der Waals surface area (Å²) in [6.07, 6.45) is 17.0. The zero-order valence-corrected chi connectivity index (χ0v) is 19.2. The Kier molecular flexibility index (Phi) is 5.60. The summed E-state index contributed by atoms with van der Waals surface area (Å²) in [4.78, 5) is 13.3. The average molecular weight is 385 g/mol. The molecule has 0 aromatic heterocycles. The van der Waals surface area contributed by atoms with Crippen LogP contribution in [0, 0.1) is 46.3 Å². The fourth-order valence-corrected chi connectivity index (χ4v) is 8.89. The highest BCUT2D eigenvalue weighted by Gasteiger charge is 2.62. The number of fused-ring (bicyclic) bond motifs is 5. The molecule has 0 aromatic carbocycles. The first-order valence-corrected chi connectivity index (χ1v) is 12.4. The van der Waals surface area contributed by atoms with Crippen LogP contribution in [0.15, 0.2) is 11.6 Å². The molecule has 4 rings (SSSR count). The summed E-state index contributed by atoms with van der Waals surface area (Å²) in [5.41, 5.74) is 2.27. The van der Waals surface area contributed by atoms with Crippen LogP contribution < -0.4 is 0 Å². The number of carbonyl (C=O) groups is 1. The first-order chi connectivity index (χ1) is 13.3. The van der Waals surface area contributed by atoms with Gasteiger partial charge in [-0.05, 0) is 106 Å². The summed E-state index contributed by atoms with van der Waals surface area (Å²) in [5.74, 6) is 4.86. The number of Topliss-reactive ketones (excluding diaryl/α,β-unsaturated/α-hetero) is 1. The van der Waals surface area contributed by atoms with Crippen molar-refractivity contribution in [2.45, 2.75) is 105 Å². The van der Waals surface area contributed by atoms with Gasteiger partial charge in [0.15, 0.2) is 0 Å². The second kappa shape index (κ2) is 7.59. The minimum Gasteiger partial charge on any atom is -0.299 e. The molecule has 0 N–H and O–H groups in total. The predicted molar refractivity (Wildman–Crippen MR) is 118 cm³/mol. The summed E-state index contributed by atoms with van der Waals surface area (Å²) >= 11 is 0. The Labute approximate surface area is 174 Å². The molecule has 4 saturated carbocycles. The number of ketones is 1. The number of rotatable bonds is 4. The van der Waals surface area contributed by atoms with Crippen LogP contribution >= 0.6 is 0 Å². The molecule has 0 aliphatic heterocycles. The fourth-order valence-electron chi connectivity index (χ4n) is 8.89. The Morgan fingerprint density at radius 3 is 2.57 bits per heavy atom. The van der Waals surface area contributed by atoms with Gasteiger partial charge in [-0.15, -0.1) is 0 Å². The smallest absolute Gasteiger partial charge is 0.137 e. The fraction of sp³-hybridized carbons (Fsp3) is 0.889. The summed E-state index contributed by atoms with van der Waals surface area (Å²) < 4.78 is 0. The van der Waals surface area contributed by atoms with Gasteiger partial charge >= 0.3 is 0 Å². The molecule has 4 aliphatic carbocycles. The van der Waals surface area contributed by atoms with Gasteiger partial charge in [-0.3, -0.25) is 4.79 Å². The number of hydrogen-bond donors (Lipinski definition) is 0. The van der Waals surface area contributed by atoms with E-state index in [4.69, 9.17) is 0 Å². The van der Waals surface area contributed by atoms with Crippen molar-refractivity contribution in [3.05, 3.63) is 11.6 Å². The SMILES string of the molecule is CC(C)=CCC[C@@H](C)[C@H]1C(=O)C[C@H]2[C@@H]3CCC4CCCC[C@]4(C)[C@H]3CC[C@]12C. The van der Waals surface area contributed by atoms with E-state index in [0.717, 1.165) is 30.6 Å². The molecule has 158 valence electrons. The van der Waals surface area contributed by atoms with Gasteiger partial charge in [0.2, 0.25) is 0 Å². The Morgan fingerprint density at radius 1 is 1.04 bits per heavy atom. The minimum absolute atomic E-state index is 0.278. The standard InChI is InChI=1S/C27H44O/c1-18(2)9-8-10-19(3)25-24(28)17-23-21-13-12-20-11-6-7-15-26(20,4)22(21)14-16-27(23,25)5/h9,19-23,25H,6-8,10-17H2,1-5H3/t19-,20?,21-,22+,23+,25+,26+,27+/m1/s1. The van der Waals surface area contributed by atoms with Crippen LogP contribution in [-0.2, 0) is 4.79 Å². The third-order valence-electron chi connectivity index (χ3n) is 10.2. The lowest BCUT2D eigenvalue weighted by Crippen LogP contribution is -2.53. The van der Waals surface area contributed by atoms with Crippen molar-refractivity contribution in [1.82, 2.24) is 0 Å². The van der Waals surface area contributed by atoms with Crippen molar-refractivity contribution in [2.24, 2.45) is 46.3 Å². The number of carbonyl (C=O) groups excluding carboxylic acids is 1. The van der Waals surface area contributed by atoms with E-state index >= 15 is 0 Å². The summed E-state index contributed by atoms with van der Waals surface area (Å²) in [6.45, 7) is 11.9. The van der Waals surface area contributed by atoms with E-state index in [2.05, 4.69) is 40.7 Å². The highest BCUT2D eigenvalue weighted by atomic mass is 16.1. The normalized spacial score (nSPS) is 46.3. The maximum atomic E-state index is 13.3. The molecule has 0 amide bonds.